The third-order valence-corrected chi connectivity index (χ3v) is 7.37. The van der Waals surface area contributed by atoms with E-state index in [1.807, 2.05) is 0 Å². The van der Waals surface area contributed by atoms with Crippen molar-refractivity contribution < 1.29 is 21.6 Å². The average molecular weight is 391 g/mol. The normalized spacial score (nSPS) is 11.7. The SMILES string of the molecule is [N-]=[N+]=C(S(=O)(=O)c1cccc(Cl)c1)S(=O)(=O)c1cccc(Cl)c1. The molecule has 0 bridgehead atoms. The first-order valence-corrected chi connectivity index (χ1v) is 9.65. The van der Waals surface area contributed by atoms with Gasteiger partial charge >= 0.3 is 4.38 Å². The summed E-state index contributed by atoms with van der Waals surface area (Å²) in [6.07, 6.45) is 0. The minimum Gasteiger partial charge on any atom is -0.359 e. The van der Waals surface area contributed by atoms with Crippen molar-refractivity contribution in [1.82, 2.24) is 0 Å². The lowest BCUT2D eigenvalue weighted by molar-refractivity contribution is 0.00380. The van der Waals surface area contributed by atoms with Crippen molar-refractivity contribution in [1.29, 1.82) is 0 Å². The van der Waals surface area contributed by atoms with Gasteiger partial charge < -0.3 is 5.53 Å². The summed E-state index contributed by atoms with van der Waals surface area (Å²) < 4.78 is 48.4. The monoisotopic (exact) mass is 390 g/mol. The third-order valence-electron chi connectivity index (χ3n) is 2.75. The summed E-state index contributed by atoms with van der Waals surface area (Å²) in [5.41, 5.74) is 9.02. The van der Waals surface area contributed by atoms with Gasteiger partial charge in [-0.15, -0.1) is 4.79 Å². The van der Waals surface area contributed by atoms with Crippen LogP contribution in [0.2, 0.25) is 10.0 Å². The van der Waals surface area contributed by atoms with Gasteiger partial charge in [0.05, 0.1) is 9.79 Å². The van der Waals surface area contributed by atoms with Crippen molar-refractivity contribution in [3.63, 3.8) is 0 Å². The van der Waals surface area contributed by atoms with Crippen LogP contribution in [0.15, 0.2) is 58.3 Å². The van der Waals surface area contributed by atoms with E-state index in [0.717, 1.165) is 24.3 Å². The molecule has 0 aliphatic rings. The summed E-state index contributed by atoms with van der Waals surface area (Å²) in [6, 6.07) is 9.88. The van der Waals surface area contributed by atoms with Gasteiger partial charge in [-0.3, -0.25) is 0 Å². The highest BCUT2D eigenvalue weighted by Crippen LogP contribution is 2.24. The third kappa shape index (κ3) is 3.46. The van der Waals surface area contributed by atoms with Gasteiger partial charge in [-0.05, 0) is 36.4 Å². The second-order valence-corrected chi connectivity index (χ2v) is 9.15. The van der Waals surface area contributed by atoms with Gasteiger partial charge in [0.1, 0.15) is 0 Å². The zero-order valence-corrected chi connectivity index (χ0v) is 14.4. The molecule has 23 heavy (non-hydrogen) atoms. The number of rotatable bonds is 2. The van der Waals surface area contributed by atoms with E-state index in [2.05, 4.69) is 4.79 Å². The molecule has 120 valence electrons. The maximum Gasteiger partial charge on any atom is 0.504 e. The molecule has 2 aromatic carbocycles. The number of benzene rings is 2. The highest BCUT2D eigenvalue weighted by atomic mass is 35.5. The van der Waals surface area contributed by atoms with Crippen LogP contribution < -0.4 is 0 Å². The predicted molar refractivity (Wildman–Crippen MR) is 85.9 cm³/mol. The van der Waals surface area contributed by atoms with E-state index >= 15 is 0 Å². The van der Waals surface area contributed by atoms with Gasteiger partial charge in [0.2, 0.25) is 0 Å². The molecule has 0 atom stereocenters. The standard InChI is InChI=1S/C13H8Cl2N2O4S2/c14-9-3-1-5-11(7-9)22(18,19)13(17-16)23(20,21)12-6-2-4-10(15)8-12/h1-8H. The summed E-state index contributed by atoms with van der Waals surface area (Å²) in [4.78, 5) is 1.67. The van der Waals surface area contributed by atoms with E-state index < -0.39 is 33.8 Å². The van der Waals surface area contributed by atoms with Crippen molar-refractivity contribution in [2.45, 2.75) is 9.79 Å². The Morgan fingerprint density at radius 1 is 0.826 bits per heavy atom. The Morgan fingerprint density at radius 3 is 1.52 bits per heavy atom. The molecular weight excluding hydrogens is 383 g/mol. The largest absolute Gasteiger partial charge is 0.504 e. The molecule has 0 spiro atoms. The highest BCUT2D eigenvalue weighted by molar-refractivity contribution is 8.31. The first kappa shape index (κ1) is 17.7. The lowest BCUT2D eigenvalue weighted by Gasteiger charge is -2.03. The Hall–Kier alpha value is -1.70. The first-order valence-electron chi connectivity index (χ1n) is 5.93. The minimum atomic E-state index is -4.61. The molecule has 0 fully saturated rings. The Labute approximate surface area is 142 Å². The molecule has 0 aliphatic heterocycles. The van der Waals surface area contributed by atoms with Gasteiger partial charge in [0.15, 0.2) is 0 Å². The van der Waals surface area contributed by atoms with E-state index in [9.17, 15) is 16.8 Å². The molecule has 0 unspecified atom stereocenters. The fourth-order valence-corrected chi connectivity index (χ4v) is 5.66. The van der Waals surface area contributed by atoms with E-state index in [0.29, 0.717) is 0 Å². The molecule has 0 N–H and O–H groups in total. The molecule has 0 saturated heterocycles. The number of sulfone groups is 2. The van der Waals surface area contributed by atoms with Crippen LogP contribution >= 0.6 is 23.2 Å². The van der Waals surface area contributed by atoms with Crippen LogP contribution in [0.3, 0.4) is 0 Å². The maximum atomic E-state index is 12.5. The van der Waals surface area contributed by atoms with Crippen molar-refractivity contribution in [3.05, 3.63) is 64.1 Å². The predicted octanol–water partition coefficient (Wildman–Crippen LogP) is 2.83. The summed E-state index contributed by atoms with van der Waals surface area (Å²) in [5.74, 6) is 0. The van der Waals surface area contributed by atoms with E-state index in [1.54, 1.807) is 0 Å². The smallest absolute Gasteiger partial charge is 0.359 e. The Balaban J connectivity index is 2.67. The summed E-state index contributed by atoms with van der Waals surface area (Å²) in [5, 5.41) is 0.173. The maximum absolute atomic E-state index is 12.5. The van der Waals surface area contributed by atoms with E-state index in [1.165, 1.54) is 24.3 Å². The van der Waals surface area contributed by atoms with Crippen molar-refractivity contribution in [3.8, 4) is 0 Å². The van der Waals surface area contributed by atoms with Gasteiger partial charge in [0.25, 0.3) is 19.7 Å². The molecule has 10 heteroatoms. The van der Waals surface area contributed by atoms with Crippen LogP contribution in [0.1, 0.15) is 0 Å². The second kappa shape index (κ2) is 6.43. The van der Waals surface area contributed by atoms with Crippen LogP contribution in [0, 0.1) is 0 Å². The fourth-order valence-electron chi connectivity index (χ4n) is 1.72. The molecule has 2 aromatic rings. The quantitative estimate of drug-likeness (QED) is 0.340. The van der Waals surface area contributed by atoms with Crippen molar-refractivity contribution in [2.24, 2.45) is 0 Å². The van der Waals surface area contributed by atoms with E-state index in [4.69, 9.17) is 28.7 Å². The fraction of sp³-hybridized carbons (Fsp3) is 0. The van der Waals surface area contributed by atoms with Crippen molar-refractivity contribution >= 4 is 47.3 Å². The molecule has 0 saturated carbocycles. The lowest BCUT2D eigenvalue weighted by Crippen LogP contribution is -2.26. The number of nitrogens with zero attached hydrogens (tertiary/aromatic N) is 2. The number of hydrogen-bond donors (Lipinski definition) is 0. The summed E-state index contributed by atoms with van der Waals surface area (Å²) in [7, 11) is -9.22. The zero-order valence-electron chi connectivity index (χ0n) is 11.2. The number of hydrogen-bond acceptors (Lipinski definition) is 4. The topological polar surface area (TPSA) is 105 Å². The van der Waals surface area contributed by atoms with Gasteiger partial charge in [-0.2, -0.15) is 0 Å². The Bertz CT molecular complexity index is 950. The first-order chi connectivity index (χ1) is 10.7. The molecule has 0 aliphatic carbocycles. The van der Waals surface area contributed by atoms with Gasteiger partial charge in [0, 0.05) is 10.0 Å². The Morgan fingerprint density at radius 2 is 1.22 bits per heavy atom. The molecule has 0 aromatic heterocycles. The minimum absolute atomic E-state index is 0.0866. The lowest BCUT2D eigenvalue weighted by atomic mass is 10.4. The molecule has 6 nitrogen and oxygen atoms in total. The molecule has 0 heterocycles. The van der Waals surface area contributed by atoms with Crippen LogP contribution in [0.5, 0.6) is 0 Å². The van der Waals surface area contributed by atoms with Gasteiger partial charge in [-0.25, -0.2) is 16.8 Å². The average Bonchev–Trinajstić information content (AvgIpc) is 2.47. The molecule has 0 radical (unpaired) electrons. The van der Waals surface area contributed by atoms with Crippen molar-refractivity contribution in [2.75, 3.05) is 0 Å². The van der Waals surface area contributed by atoms with E-state index in [-0.39, 0.29) is 10.0 Å². The van der Waals surface area contributed by atoms with Gasteiger partial charge in [-0.1, -0.05) is 35.3 Å². The summed E-state index contributed by atoms with van der Waals surface area (Å²) >= 11 is 11.4. The highest BCUT2D eigenvalue weighted by Gasteiger charge is 2.44. The summed E-state index contributed by atoms with van der Waals surface area (Å²) in [6.45, 7) is 0. The molecule has 0 amide bonds. The second-order valence-electron chi connectivity index (χ2n) is 4.29. The zero-order chi connectivity index (χ0) is 17.3. The molecular formula is C13H8Cl2N2O4S2. The van der Waals surface area contributed by atoms with Crippen LogP contribution in [0.25, 0.3) is 5.53 Å². The Kier molecular flexibility index (Phi) is 4.93. The van der Waals surface area contributed by atoms with Crippen LogP contribution in [-0.4, -0.2) is 26.0 Å². The van der Waals surface area contributed by atoms with Crippen LogP contribution in [-0.2, 0) is 19.7 Å². The number of halogens is 2. The van der Waals surface area contributed by atoms with Crippen LogP contribution in [0.4, 0.5) is 0 Å². The molecule has 2 rings (SSSR count).